The van der Waals surface area contributed by atoms with Gasteiger partial charge in [-0.2, -0.15) is 0 Å². The summed E-state index contributed by atoms with van der Waals surface area (Å²) < 4.78 is 0. The van der Waals surface area contributed by atoms with Crippen molar-refractivity contribution in [1.82, 2.24) is 14.8 Å². The second kappa shape index (κ2) is 8.26. The maximum Gasteiger partial charge on any atom is 0.246 e. The lowest BCUT2D eigenvalue weighted by Crippen LogP contribution is -2.46. The van der Waals surface area contributed by atoms with Crippen LogP contribution in [0.2, 0.25) is 0 Å². The number of piperidine rings is 1. The standard InChI is InChI=1S/C21H27N3O/c1-3-23(4-2)18-12-15-24(16-13-18)21(25)10-9-17-11-14-22-20-8-6-5-7-19(17)20/h5-11,14,18H,3-4,12-13,15-16H2,1-2H3/b10-9-. The molecule has 0 bridgehead atoms. The molecule has 1 aromatic heterocycles. The van der Waals surface area contributed by atoms with E-state index in [4.69, 9.17) is 0 Å². The number of carbonyl (C=O) groups is 1. The van der Waals surface area contributed by atoms with E-state index >= 15 is 0 Å². The molecule has 1 aliphatic rings. The van der Waals surface area contributed by atoms with E-state index in [0.29, 0.717) is 6.04 Å². The molecule has 0 atom stereocenters. The van der Waals surface area contributed by atoms with Crippen molar-refractivity contribution in [3.8, 4) is 0 Å². The molecule has 25 heavy (non-hydrogen) atoms. The number of nitrogens with zero attached hydrogens (tertiary/aromatic N) is 3. The Morgan fingerprint density at radius 3 is 2.64 bits per heavy atom. The topological polar surface area (TPSA) is 36.4 Å². The average Bonchev–Trinajstić information content (AvgIpc) is 2.67. The molecule has 2 aromatic rings. The van der Waals surface area contributed by atoms with E-state index in [-0.39, 0.29) is 5.91 Å². The SMILES string of the molecule is CCN(CC)C1CCN(C(=O)/C=C\c2ccnc3ccccc23)CC1. The molecular weight excluding hydrogens is 310 g/mol. The van der Waals surface area contributed by atoms with Crippen molar-refractivity contribution < 1.29 is 4.79 Å². The summed E-state index contributed by atoms with van der Waals surface area (Å²) in [6, 6.07) is 10.6. The molecule has 0 saturated carbocycles. The summed E-state index contributed by atoms with van der Waals surface area (Å²) in [5.41, 5.74) is 1.99. The molecule has 1 saturated heterocycles. The van der Waals surface area contributed by atoms with E-state index in [0.717, 1.165) is 55.5 Å². The van der Waals surface area contributed by atoms with Gasteiger partial charge in [0.25, 0.3) is 0 Å². The highest BCUT2D eigenvalue weighted by Crippen LogP contribution is 2.19. The molecule has 0 aliphatic carbocycles. The lowest BCUT2D eigenvalue weighted by Gasteiger charge is -2.37. The normalized spacial score (nSPS) is 16.2. The van der Waals surface area contributed by atoms with E-state index in [1.54, 1.807) is 12.3 Å². The highest BCUT2D eigenvalue weighted by Gasteiger charge is 2.24. The Balaban J connectivity index is 1.64. The zero-order valence-corrected chi connectivity index (χ0v) is 15.2. The monoisotopic (exact) mass is 337 g/mol. The predicted octanol–water partition coefficient (Wildman–Crippen LogP) is 3.58. The molecular formula is C21H27N3O. The van der Waals surface area contributed by atoms with Gasteiger partial charge in [0.1, 0.15) is 0 Å². The number of rotatable bonds is 5. The van der Waals surface area contributed by atoms with Crippen LogP contribution in [0, 0.1) is 0 Å². The van der Waals surface area contributed by atoms with Crippen LogP contribution >= 0.6 is 0 Å². The number of benzene rings is 1. The Morgan fingerprint density at radius 1 is 1.20 bits per heavy atom. The number of likely N-dealkylation sites (tertiary alicyclic amines) is 1. The number of pyridine rings is 1. The molecule has 1 aromatic carbocycles. The quantitative estimate of drug-likeness (QED) is 0.783. The summed E-state index contributed by atoms with van der Waals surface area (Å²) in [6.45, 7) is 8.29. The van der Waals surface area contributed by atoms with E-state index < -0.39 is 0 Å². The molecule has 1 aliphatic heterocycles. The maximum atomic E-state index is 12.5. The first-order valence-electron chi connectivity index (χ1n) is 9.27. The Kier molecular flexibility index (Phi) is 5.82. The van der Waals surface area contributed by atoms with Gasteiger partial charge in [-0.05, 0) is 49.7 Å². The van der Waals surface area contributed by atoms with Gasteiger partial charge in [0.15, 0.2) is 0 Å². The van der Waals surface area contributed by atoms with Crippen LogP contribution in [0.1, 0.15) is 32.3 Å². The predicted molar refractivity (Wildman–Crippen MR) is 103 cm³/mol. The Bertz CT molecular complexity index is 738. The van der Waals surface area contributed by atoms with Crippen molar-refractivity contribution in [2.75, 3.05) is 26.2 Å². The molecule has 132 valence electrons. The molecule has 0 unspecified atom stereocenters. The van der Waals surface area contributed by atoms with Crippen molar-refractivity contribution in [2.45, 2.75) is 32.7 Å². The van der Waals surface area contributed by atoms with Gasteiger partial charge in [-0.25, -0.2) is 0 Å². The second-order valence-electron chi connectivity index (χ2n) is 6.53. The Labute approximate surface area is 150 Å². The zero-order valence-electron chi connectivity index (χ0n) is 15.2. The summed E-state index contributed by atoms with van der Waals surface area (Å²) in [4.78, 5) is 21.4. The first-order chi connectivity index (χ1) is 12.2. The van der Waals surface area contributed by atoms with Gasteiger partial charge >= 0.3 is 0 Å². The average molecular weight is 337 g/mol. The smallest absolute Gasteiger partial charge is 0.246 e. The molecule has 3 rings (SSSR count). The van der Waals surface area contributed by atoms with Crippen LogP contribution in [0.3, 0.4) is 0 Å². The second-order valence-corrected chi connectivity index (χ2v) is 6.53. The summed E-state index contributed by atoms with van der Waals surface area (Å²) in [5.74, 6) is 0.110. The van der Waals surface area contributed by atoms with Crippen LogP contribution < -0.4 is 0 Å². The number of para-hydroxylation sites is 1. The van der Waals surface area contributed by atoms with Gasteiger partial charge in [-0.1, -0.05) is 32.0 Å². The number of fused-ring (bicyclic) bond motifs is 1. The van der Waals surface area contributed by atoms with E-state index in [1.807, 2.05) is 41.3 Å². The summed E-state index contributed by atoms with van der Waals surface area (Å²) in [7, 11) is 0. The van der Waals surface area contributed by atoms with Crippen LogP contribution in [0.5, 0.6) is 0 Å². The van der Waals surface area contributed by atoms with Crippen LogP contribution in [-0.2, 0) is 4.79 Å². The molecule has 1 amide bonds. The molecule has 0 radical (unpaired) electrons. The van der Waals surface area contributed by atoms with Gasteiger partial charge in [0.05, 0.1) is 5.52 Å². The van der Waals surface area contributed by atoms with E-state index in [2.05, 4.69) is 23.7 Å². The van der Waals surface area contributed by atoms with Crippen molar-refractivity contribution in [1.29, 1.82) is 0 Å². The molecule has 1 fully saturated rings. The minimum absolute atomic E-state index is 0.110. The Hall–Kier alpha value is -2.20. The van der Waals surface area contributed by atoms with Crippen molar-refractivity contribution in [3.63, 3.8) is 0 Å². The molecule has 4 heteroatoms. The fourth-order valence-corrected chi connectivity index (χ4v) is 3.72. The van der Waals surface area contributed by atoms with E-state index in [1.165, 1.54) is 0 Å². The summed E-state index contributed by atoms with van der Waals surface area (Å²) in [6.07, 6.45) is 7.56. The first-order valence-corrected chi connectivity index (χ1v) is 9.27. The van der Waals surface area contributed by atoms with Crippen molar-refractivity contribution in [3.05, 3.63) is 48.2 Å². The van der Waals surface area contributed by atoms with Gasteiger partial charge in [0.2, 0.25) is 5.91 Å². The number of hydrogen-bond acceptors (Lipinski definition) is 3. The Morgan fingerprint density at radius 2 is 1.92 bits per heavy atom. The number of carbonyl (C=O) groups excluding carboxylic acids is 1. The zero-order chi connectivity index (χ0) is 17.6. The third-order valence-corrected chi connectivity index (χ3v) is 5.19. The molecule has 4 nitrogen and oxygen atoms in total. The lowest BCUT2D eigenvalue weighted by atomic mass is 10.0. The highest BCUT2D eigenvalue weighted by molar-refractivity contribution is 5.95. The van der Waals surface area contributed by atoms with E-state index in [9.17, 15) is 4.79 Å². The first kappa shape index (κ1) is 17.6. The molecule has 0 spiro atoms. The third kappa shape index (κ3) is 4.07. The van der Waals surface area contributed by atoms with Gasteiger partial charge in [-0.3, -0.25) is 9.78 Å². The summed E-state index contributed by atoms with van der Waals surface area (Å²) in [5, 5.41) is 1.08. The minimum Gasteiger partial charge on any atom is -0.339 e. The summed E-state index contributed by atoms with van der Waals surface area (Å²) >= 11 is 0. The van der Waals surface area contributed by atoms with Gasteiger partial charge in [-0.15, -0.1) is 0 Å². The largest absolute Gasteiger partial charge is 0.339 e. The number of aromatic nitrogens is 1. The van der Waals surface area contributed by atoms with Gasteiger partial charge < -0.3 is 9.80 Å². The number of hydrogen-bond donors (Lipinski definition) is 0. The van der Waals surface area contributed by atoms with Crippen LogP contribution in [0.15, 0.2) is 42.6 Å². The fourth-order valence-electron chi connectivity index (χ4n) is 3.72. The third-order valence-electron chi connectivity index (χ3n) is 5.19. The molecule has 2 heterocycles. The molecule has 0 N–H and O–H groups in total. The maximum absolute atomic E-state index is 12.5. The lowest BCUT2D eigenvalue weighted by molar-refractivity contribution is -0.127. The van der Waals surface area contributed by atoms with Crippen molar-refractivity contribution in [2.24, 2.45) is 0 Å². The number of amides is 1. The van der Waals surface area contributed by atoms with Gasteiger partial charge in [0, 0.05) is 36.8 Å². The van der Waals surface area contributed by atoms with Crippen LogP contribution in [0.25, 0.3) is 17.0 Å². The minimum atomic E-state index is 0.110. The highest BCUT2D eigenvalue weighted by atomic mass is 16.2. The van der Waals surface area contributed by atoms with Crippen LogP contribution in [0.4, 0.5) is 0 Å². The van der Waals surface area contributed by atoms with Crippen LogP contribution in [-0.4, -0.2) is 52.9 Å². The fraction of sp³-hybridized carbons (Fsp3) is 0.429. The van der Waals surface area contributed by atoms with Crippen molar-refractivity contribution >= 4 is 22.9 Å².